The number of aromatic nitrogens is 2. The second-order valence-corrected chi connectivity index (χ2v) is 7.52. The van der Waals surface area contributed by atoms with Gasteiger partial charge in [-0.3, -0.25) is 4.79 Å². The third-order valence-electron chi connectivity index (χ3n) is 5.24. The van der Waals surface area contributed by atoms with Crippen LogP contribution in [-0.4, -0.2) is 15.9 Å². The van der Waals surface area contributed by atoms with Gasteiger partial charge in [-0.1, -0.05) is 54.6 Å². The second kappa shape index (κ2) is 8.40. The first-order valence-corrected chi connectivity index (χ1v) is 10.4. The summed E-state index contributed by atoms with van der Waals surface area (Å²) in [6.07, 6.45) is 3.14. The number of imidazole rings is 1. The van der Waals surface area contributed by atoms with Crippen LogP contribution in [-0.2, 0) is 4.79 Å². The number of aromatic amines is 1. The molecule has 2 heterocycles. The van der Waals surface area contributed by atoms with Crippen LogP contribution in [0, 0.1) is 6.92 Å². The summed E-state index contributed by atoms with van der Waals surface area (Å²) in [6, 6.07) is 27.4. The largest absolute Gasteiger partial charge is 0.457 e. The molecule has 3 aromatic carbocycles. The normalized spacial score (nSPS) is 11.3. The van der Waals surface area contributed by atoms with Crippen LogP contribution in [0.1, 0.15) is 11.3 Å². The lowest BCUT2D eigenvalue weighted by atomic mass is 10.1. The maximum absolute atomic E-state index is 12.5. The van der Waals surface area contributed by atoms with Crippen molar-refractivity contribution in [3.63, 3.8) is 0 Å². The number of benzene rings is 3. The number of nitrogens with zero attached hydrogens (tertiary/aromatic N) is 1. The van der Waals surface area contributed by atoms with Crippen molar-refractivity contribution in [2.75, 3.05) is 5.32 Å². The first-order valence-electron chi connectivity index (χ1n) is 10.4. The summed E-state index contributed by atoms with van der Waals surface area (Å²) in [5.74, 6) is 1.92. The van der Waals surface area contributed by atoms with Crippen LogP contribution in [0.4, 0.5) is 5.69 Å². The molecule has 0 saturated heterocycles. The van der Waals surface area contributed by atoms with Crippen LogP contribution < -0.4 is 5.32 Å². The number of para-hydroxylation sites is 2. The molecule has 2 aromatic heterocycles. The Labute approximate surface area is 185 Å². The Morgan fingerprint density at radius 2 is 1.75 bits per heavy atom. The molecule has 156 valence electrons. The number of H-pyrrole nitrogens is 1. The molecule has 0 bridgehead atoms. The molecule has 2 N–H and O–H groups in total. The number of hydrogen-bond acceptors (Lipinski definition) is 3. The molecule has 0 aliphatic carbocycles. The zero-order valence-corrected chi connectivity index (χ0v) is 17.5. The van der Waals surface area contributed by atoms with Gasteiger partial charge in [0.1, 0.15) is 17.3 Å². The van der Waals surface area contributed by atoms with Gasteiger partial charge in [0.15, 0.2) is 0 Å². The number of nitrogens with one attached hydrogen (secondary N) is 2. The lowest BCUT2D eigenvalue weighted by molar-refractivity contribution is -0.111. The van der Waals surface area contributed by atoms with Crippen LogP contribution in [0.5, 0.6) is 0 Å². The third-order valence-corrected chi connectivity index (χ3v) is 5.24. The van der Waals surface area contributed by atoms with Gasteiger partial charge in [-0.25, -0.2) is 4.98 Å². The number of rotatable bonds is 5. The van der Waals surface area contributed by atoms with Crippen molar-refractivity contribution >= 4 is 28.7 Å². The maximum atomic E-state index is 12.5. The van der Waals surface area contributed by atoms with Crippen molar-refractivity contribution in [3.05, 3.63) is 102 Å². The van der Waals surface area contributed by atoms with Crippen molar-refractivity contribution in [1.29, 1.82) is 0 Å². The molecule has 0 unspecified atom stereocenters. The standard InChI is InChI=1S/C27H21N3O2/c1-18-11-12-20(27-29-22-9-5-6-10-23(22)30-27)17-24(18)28-26(31)16-14-21-13-15-25(32-21)19-7-3-2-4-8-19/h2-17H,1H3,(H,28,31)(H,29,30). The first kappa shape index (κ1) is 19.6. The van der Waals surface area contributed by atoms with E-state index in [0.717, 1.165) is 45.0 Å². The highest BCUT2D eigenvalue weighted by Crippen LogP contribution is 2.26. The first-order chi connectivity index (χ1) is 15.7. The SMILES string of the molecule is Cc1ccc(-c2nc3ccccc3[nH]2)cc1NC(=O)C=Cc1ccc(-c2ccccc2)o1. The van der Waals surface area contributed by atoms with Crippen LogP contribution >= 0.6 is 0 Å². The number of fused-ring (bicyclic) bond motifs is 1. The van der Waals surface area contributed by atoms with Gasteiger partial charge >= 0.3 is 0 Å². The molecule has 5 nitrogen and oxygen atoms in total. The predicted molar refractivity (Wildman–Crippen MR) is 128 cm³/mol. The lowest BCUT2D eigenvalue weighted by Gasteiger charge is -2.08. The Hall–Kier alpha value is -4.38. The summed E-state index contributed by atoms with van der Waals surface area (Å²) in [6.45, 7) is 1.96. The Balaban J connectivity index is 1.32. The molecular formula is C27H21N3O2. The minimum atomic E-state index is -0.229. The molecule has 5 rings (SSSR count). The number of aryl methyl sites for hydroxylation is 1. The number of carbonyl (C=O) groups excluding carboxylic acids is 1. The zero-order chi connectivity index (χ0) is 21.9. The van der Waals surface area contributed by atoms with Crippen molar-refractivity contribution < 1.29 is 9.21 Å². The topological polar surface area (TPSA) is 70.9 Å². The van der Waals surface area contributed by atoms with E-state index in [1.54, 1.807) is 6.08 Å². The van der Waals surface area contributed by atoms with Gasteiger partial charge in [-0.15, -0.1) is 0 Å². The summed E-state index contributed by atoms with van der Waals surface area (Å²) in [4.78, 5) is 20.5. The van der Waals surface area contributed by atoms with Crippen LogP contribution in [0.3, 0.4) is 0 Å². The predicted octanol–water partition coefficient (Wildman–Crippen LogP) is 6.45. The number of hydrogen-bond donors (Lipinski definition) is 2. The smallest absolute Gasteiger partial charge is 0.248 e. The summed E-state index contributed by atoms with van der Waals surface area (Å²) >= 11 is 0. The van der Waals surface area contributed by atoms with E-state index in [2.05, 4.69) is 15.3 Å². The zero-order valence-electron chi connectivity index (χ0n) is 17.5. The average Bonchev–Trinajstić information content (AvgIpc) is 3.47. The molecule has 32 heavy (non-hydrogen) atoms. The highest BCUT2D eigenvalue weighted by Gasteiger charge is 2.09. The van der Waals surface area contributed by atoms with Gasteiger partial charge in [0.2, 0.25) is 5.91 Å². The molecular weight excluding hydrogens is 398 g/mol. The van der Waals surface area contributed by atoms with E-state index in [-0.39, 0.29) is 5.91 Å². The Morgan fingerprint density at radius 1 is 0.938 bits per heavy atom. The summed E-state index contributed by atoms with van der Waals surface area (Å²) in [5, 5.41) is 2.95. The number of furan rings is 1. The molecule has 0 aliphatic rings. The molecule has 0 fully saturated rings. The summed E-state index contributed by atoms with van der Waals surface area (Å²) < 4.78 is 5.82. The van der Waals surface area contributed by atoms with Gasteiger partial charge in [-0.2, -0.15) is 0 Å². The summed E-state index contributed by atoms with van der Waals surface area (Å²) in [7, 11) is 0. The van der Waals surface area contributed by atoms with Crippen molar-refractivity contribution in [3.8, 4) is 22.7 Å². The van der Waals surface area contributed by atoms with Gasteiger partial charge < -0.3 is 14.7 Å². The van der Waals surface area contributed by atoms with Crippen LogP contribution in [0.2, 0.25) is 0 Å². The average molecular weight is 419 g/mol. The molecule has 0 aliphatic heterocycles. The number of amides is 1. The van der Waals surface area contributed by atoms with Crippen LogP contribution in [0.15, 0.2) is 95.4 Å². The minimum absolute atomic E-state index is 0.229. The fourth-order valence-electron chi connectivity index (χ4n) is 3.53. The van der Waals surface area contributed by atoms with Crippen molar-refractivity contribution in [2.24, 2.45) is 0 Å². The van der Waals surface area contributed by atoms with E-state index in [4.69, 9.17) is 4.42 Å². The highest BCUT2D eigenvalue weighted by atomic mass is 16.3. The van der Waals surface area contributed by atoms with E-state index in [0.29, 0.717) is 5.76 Å². The highest BCUT2D eigenvalue weighted by molar-refractivity contribution is 6.02. The third kappa shape index (κ3) is 4.09. The van der Waals surface area contributed by atoms with Gasteiger partial charge in [0.05, 0.1) is 11.0 Å². The fourth-order valence-corrected chi connectivity index (χ4v) is 3.53. The minimum Gasteiger partial charge on any atom is -0.457 e. The van der Waals surface area contributed by atoms with Crippen LogP contribution in [0.25, 0.3) is 39.8 Å². The molecule has 5 aromatic rings. The van der Waals surface area contributed by atoms with Crippen molar-refractivity contribution in [1.82, 2.24) is 9.97 Å². The van der Waals surface area contributed by atoms with Gasteiger partial charge in [0.25, 0.3) is 0 Å². The van der Waals surface area contributed by atoms with Gasteiger partial charge in [0, 0.05) is 22.9 Å². The Morgan fingerprint density at radius 3 is 2.59 bits per heavy atom. The maximum Gasteiger partial charge on any atom is 0.248 e. The quantitative estimate of drug-likeness (QED) is 0.322. The van der Waals surface area contributed by atoms with Crippen molar-refractivity contribution in [2.45, 2.75) is 6.92 Å². The van der Waals surface area contributed by atoms with E-state index in [1.165, 1.54) is 6.08 Å². The van der Waals surface area contributed by atoms with Gasteiger partial charge in [-0.05, 0) is 48.9 Å². The molecule has 0 spiro atoms. The molecule has 0 radical (unpaired) electrons. The second-order valence-electron chi connectivity index (χ2n) is 7.52. The lowest BCUT2D eigenvalue weighted by Crippen LogP contribution is -2.09. The molecule has 0 atom stereocenters. The number of anilines is 1. The van der Waals surface area contributed by atoms with E-state index >= 15 is 0 Å². The van der Waals surface area contributed by atoms with E-state index < -0.39 is 0 Å². The van der Waals surface area contributed by atoms with E-state index in [1.807, 2.05) is 91.9 Å². The monoisotopic (exact) mass is 419 g/mol. The Bertz CT molecular complexity index is 1390. The van der Waals surface area contributed by atoms with E-state index in [9.17, 15) is 4.79 Å². The fraction of sp³-hybridized carbons (Fsp3) is 0.0370. The molecule has 0 saturated carbocycles. The molecule has 5 heteroatoms. The summed E-state index contributed by atoms with van der Waals surface area (Å²) in [5.41, 5.74) is 5.49. The Kier molecular flexibility index (Phi) is 5.14. The number of carbonyl (C=O) groups is 1. The molecule has 1 amide bonds.